The number of alkyl halides is 3. The van der Waals surface area contributed by atoms with Crippen LogP contribution in [0, 0.1) is 5.82 Å². The number of aromatic nitrogens is 2. The van der Waals surface area contributed by atoms with Crippen LogP contribution in [0.4, 0.5) is 17.6 Å². The second-order valence-corrected chi connectivity index (χ2v) is 6.17. The van der Waals surface area contributed by atoms with Crippen molar-refractivity contribution in [1.29, 1.82) is 0 Å². The van der Waals surface area contributed by atoms with E-state index in [0.717, 1.165) is 16.7 Å². The van der Waals surface area contributed by atoms with Gasteiger partial charge in [0.2, 0.25) is 5.91 Å². The minimum Gasteiger partial charge on any atom is -0.347 e. The quantitative estimate of drug-likeness (QED) is 0.856. The van der Waals surface area contributed by atoms with Crippen molar-refractivity contribution in [3.05, 3.63) is 53.1 Å². The highest BCUT2D eigenvalue weighted by molar-refractivity contribution is 5.79. The third kappa shape index (κ3) is 4.58. The summed E-state index contributed by atoms with van der Waals surface area (Å²) in [6.07, 6.45) is -0.921. The Hall–Kier alpha value is -2.38. The molecule has 0 aliphatic heterocycles. The van der Waals surface area contributed by atoms with Crippen molar-refractivity contribution in [2.75, 3.05) is 0 Å². The van der Waals surface area contributed by atoms with Crippen LogP contribution < -0.4 is 5.32 Å². The van der Waals surface area contributed by atoms with E-state index in [1.165, 1.54) is 24.4 Å². The molecule has 2 aromatic rings. The molecule has 0 saturated heterocycles. The summed E-state index contributed by atoms with van der Waals surface area (Å²) in [5.74, 6) is -0.732. The van der Waals surface area contributed by atoms with E-state index in [2.05, 4.69) is 10.4 Å². The van der Waals surface area contributed by atoms with Gasteiger partial charge in [-0.1, -0.05) is 12.1 Å². The Balaban J connectivity index is 1.69. The number of nitrogens with zero attached hydrogens (tertiary/aromatic N) is 2. The first-order valence-corrected chi connectivity index (χ1v) is 7.97. The first-order chi connectivity index (χ1) is 11.8. The van der Waals surface area contributed by atoms with Gasteiger partial charge in [-0.2, -0.15) is 18.3 Å². The molecule has 1 atom stereocenters. The van der Waals surface area contributed by atoms with Crippen molar-refractivity contribution in [3.8, 4) is 0 Å². The van der Waals surface area contributed by atoms with E-state index in [4.69, 9.17) is 0 Å². The Kier molecular flexibility index (Phi) is 4.78. The summed E-state index contributed by atoms with van der Waals surface area (Å²) < 4.78 is 51.6. The number of carbonyl (C=O) groups excluding carboxylic acids is 1. The number of fused-ring (bicyclic) bond motifs is 1. The molecule has 8 heteroatoms. The van der Waals surface area contributed by atoms with Crippen molar-refractivity contribution >= 4 is 5.91 Å². The molecule has 0 radical (unpaired) electrons. The lowest BCUT2D eigenvalue weighted by Gasteiger charge is -2.22. The molecule has 0 saturated carbocycles. The monoisotopic (exact) mass is 355 g/mol. The lowest BCUT2D eigenvalue weighted by Crippen LogP contribution is -2.32. The summed E-state index contributed by atoms with van der Waals surface area (Å²) in [4.78, 5) is 12.2. The average molecular weight is 355 g/mol. The van der Waals surface area contributed by atoms with Gasteiger partial charge in [-0.15, -0.1) is 0 Å². The van der Waals surface area contributed by atoms with Crippen LogP contribution in [0.1, 0.15) is 35.7 Å². The van der Waals surface area contributed by atoms with Crippen LogP contribution in [0.3, 0.4) is 0 Å². The van der Waals surface area contributed by atoms with Crippen molar-refractivity contribution in [1.82, 2.24) is 15.1 Å². The molecule has 1 aromatic carbocycles. The van der Waals surface area contributed by atoms with E-state index in [9.17, 15) is 22.4 Å². The van der Waals surface area contributed by atoms with Crippen LogP contribution in [-0.2, 0) is 24.2 Å². The van der Waals surface area contributed by atoms with Crippen molar-refractivity contribution in [2.24, 2.45) is 0 Å². The Morgan fingerprint density at radius 2 is 2.16 bits per heavy atom. The second kappa shape index (κ2) is 6.85. The SMILES string of the molecule is O=C(Cc1cccc(F)c1)N[C@@H]1CCCc2cn(CC(F)(F)F)nc21. The fraction of sp³-hybridized carbons (Fsp3) is 0.412. The molecule has 1 N–H and O–H groups in total. The number of benzene rings is 1. The van der Waals surface area contributed by atoms with E-state index in [1.807, 2.05) is 0 Å². The van der Waals surface area contributed by atoms with E-state index in [-0.39, 0.29) is 12.3 Å². The maximum absolute atomic E-state index is 13.2. The lowest BCUT2D eigenvalue weighted by atomic mass is 9.93. The maximum atomic E-state index is 13.2. The minimum absolute atomic E-state index is 0.00680. The molecule has 25 heavy (non-hydrogen) atoms. The molecule has 1 heterocycles. The summed E-state index contributed by atoms with van der Waals surface area (Å²) in [6.45, 7) is -1.15. The molecule has 1 aliphatic rings. The number of nitrogens with one attached hydrogen (secondary N) is 1. The fourth-order valence-electron chi connectivity index (χ4n) is 3.08. The maximum Gasteiger partial charge on any atom is 0.408 e. The van der Waals surface area contributed by atoms with Gasteiger partial charge in [0.1, 0.15) is 12.4 Å². The molecule has 134 valence electrons. The zero-order chi connectivity index (χ0) is 18.0. The van der Waals surface area contributed by atoms with Gasteiger partial charge in [-0.25, -0.2) is 4.39 Å². The van der Waals surface area contributed by atoms with Gasteiger partial charge in [0.15, 0.2) is 0 Å². The van der Waals surface area contributed by atoms with Crippen LogP contribution in [0.5, 0.6) is 0 Å². The van der Waals surface area contributed by atoms with Gasteiger partial charge in [-0.05, 0) is 42.5 Å². The highest BCUT2D eigenvalue weighted by Gasteiger charge is 2.31. The Morgan fingerprint density at radius 1 is 1.36 bits per heavy atom. The molecule has 0 fully saturated rings. The average Bonchev–Trinajstić information content (AvgIpc) is 2.88. The predicted molar refractivity (Wildman–Crippen MR) is 82.2 cm³/mol. The lowest BCUT2D eigenvalue weighted by molar-refractivity contribution is -0.142. The number of rotatable bonds is 4. The van der Waals surface area contributed by atoms with Crippen molar-refractivity contribution < 1.29 is 22.4 Å². The van der Waals surface area contributed by atoms with Gasteiger partial charge in [0.05, 0.1) is 18.2 Å². The molecule has 0 unspecified atom stereocenters. The number of aryl methyl sites for hydroxylation is 1. The number of halogens is 4. The third-order valence-electron chi connectivity index (χ3n) is 4.07. The summed E-state index contributed by atoms with van der Waals surface area (Å²) >= 11 is 0. The minimum atomic E-state index is -4.34. The van der Waals surface area contributed by atoms with E-state index >= 15 is 0 Å². The molecule has 1 aromatic heterocycles. The van der Waals surface area contributed by atoms with Crippen LogP contribution in [0.25, 0.3) is 0 Å². The Bertz CT molecular complexity index is 769. The van der Waals surface area contributed by atoms with Crippen molar-refractivity contribution in [3.63, 3.8) is 0 Å². The largest absolute Gasteiger partial charge is 0.408 e. The summed E-state index contributed by atoms with van der Waals surface area (Å²) in [5, 5.41) is 6.81. The molecule has 3 rings (SSSR count). The van der Waals surface area contributed by atoms with E-state index in [0.29, 0.717) is 24.1 Å². The van der Waals surface area contributed by atoms with E-state index < -0.39 is 24.6 Å². The molecule has 1 aliphatic carbocycles. The van der Waals surface area contributed by atoms with Gasteiger partial charge in [0.25, 0.3) is 0 Å². The molecular formula is C17H17F4N3O. The van der Waals surface area contributed by atoms with Gasteiger partial charge in [0, 0.05) is 6.20 Å². The predicted octanol–water partition coefficient (Wildman–Crippen LogP) is 3.32. The first kappa shape index (κ1) is 17.4. The zero-order valence-corrected chi connectivity index (χ0v) is 13.3. The molecular weight excluding hydrogens is 338 g/mol. The molecule has 4 nitrogen and oxygen atoms in total. The number of carbonyl (C=O) groups is 1. The zero-order valence-electron chi connectivity index (χ0n) is 13.3. The summed E-state index contributed by atoms with van der Waals surface area (Å²) in [5.41, 5.74) is 1.76. The molecule has 1 amide bonds. The van der Waals surface area contributed by atoms with E-state index in [1.54, 1.807) is 6.07 Å². The second-order valence-electron chi connectivity index (χ2n) is 6.17. The van der Waals surface area contributed by atoms with Crippen LogP contribution >= 0.6 is 0 Å². The smallest absolute Gasteiger partial charge is 0.347 e. The number of amides is 1. The van der Waals surface area contributed by atoms with Crippen molar-refractivity contribution in [2.45, 2.75) is 44.4 Å². The molecule has 0 spiro atoms. The van der Waals surface area contributed by atoms with Gasteiger partial charge < -0.3 is 5.32 Å². The summed E-state index contributed by atoms with van der Waals surface area (Å²) in [6, 6.07) is 5.33. The van der Waals surface area contributed by atoms with Crippen LogP contribution in [0.15, 0.2) is 30.5 Å². The molecule has 0 bridgehead atoms. The first-order valence-electron chi connectivity index (χ1n) is 7.97. The normalized spacial score (nSPS) is 17.2. The summed E-state index contributed by atoms with van der Waals surface area (Å²) in [7, 11) is 0. The fourth-order valence-corrected chi connectivity index (χ4v) is 3.08. The third-order valence-corrected chi connectivity index (χ3v) is 4.07. The van der Waals surface area contributed by atoms with Gasteiger partial charge >= 0.3 is 6.18 Å². The van der Waals surface area contributed by atoms with Crippen LogP contribution in [0.2, 0.25) is 0 Å². The topological polar surface area (TPSA) is 46.9 Å². The Morgan fingerprint density at radius 3 is 2.88 bits per heavy atom. The highest BCUT2D eigenvalue weighted by Crippen LogP contribution is 2.29. The Labute approximate surface area is 141 Å². The number of hydrogen-bond acceptors (Lipinski definition) is 2. The highest BCUT2D eigenvalue weighted by atomic mass is 19.4. The number of hydrogen-bond donors (Lipinski definition) is 1. The standard InChI is InChI=1S/C17H17F4N3O/c18-13-5-1-3-11(7-13)8-15(25)22-14-6-2-4-12-9-24(23-16(12)14)10-17(19,20)21/h1,3,5,7,9,14H,2,4,6,8,10H2,(H,22,25)/t14-/m1/s1. The van der Waals surface area contributed by atoms with Crippen LogP contribution in [-0.4, -0.2) is 21.9 Å². The van der Waals surface area contributed by atoms with Gasteiger partial charge in [-0.3, -0.25) is 9.48 Å².